The molecular weight excluding hydrogens is 532 g/mol. The van der Waals surface area contributed by atoms with Gasteiger partial charge in [0.25, 0.3) is 5.91 Å². The highest BCUT2D eigenvalue weighted by Crippen LogP contribution is 2.43. The lowest BCUT2D eigenvalue weighted by Crippen LogP contribution is -2.48. The molecule has 0 bridgehead atoms. The summed E-state index contributed by atoms with van der Waals surface area (Å²) in [5.74, 6) is 1.04. The monoisotopic (exact) mass is 579 g/mol. The number of benzene rings is 2. The molecule has 1 heterocycles. The molecule has 0 spiro atoms. The van der Waals surface area contributed by atoms with Crippen molar-refractivity contribution in [2.45, 2.75) is 58.5 Å². The van der Waals surface area contributed by atoms with Crippen LogP contribution >= 0.6 is 0 Å². The number of allylic oxidation sites excluding steroid dienone is 1. The molecule has 0 radical (unpaired) electrons. The van der Waals surface area contributed by atoms with Crippen LogP contribution in [0.3, 0.4) is 0 Å². The molecule has 2 N–H and O–H groups in total. The van der Waals surface area contributed by atoms with Gasteiger partial charge in [-0.2, -0.15) is 0 Å². The van der Waals surface area contributed by atoms with E-state index in [0.29, 0.717) is 28.9 Å². The number of nitrogens with one attached hydrogen (secondary N) is 1. The van der Waals surface area contributed by atoms with E-state index >= 15 is 0 Å². The summed E-state index contributed by atoms with van der Waals surface area (Å²) in [5, 5.41) is 13.9. The first-order chi connectivity index (χ1) is 19.9. The van der Waals surface area contributed by atoms with Crippen molar-refractivity contribution >= 4 is 23.8 Å². The standard InChI is InChI=1S/C34H46N2O6/c1-7-8-9-20-35-31(38)24-36(4,5)21-10-11-22-41-26-15-12-25(13-16-26)14-17-28(37)32-30(40-6)23-29-27(33(32)39)18-19-34(2,3)42-29/h12-19,23H,7-11,20-22,24H2,1-6H3,(H-,35,37,38,39)/p+1/b17-14+. The molecule has 0 saturated carbocycles. The number of phenols is 1. The largest absolute Gasteiger partial charge is 0.506 e. The molecule has 8 heteroatoms. The van der Waals surface area contributed by atoms with E-state index < -0.39 is 5.60 Å². The summed E-state index contributed by atoms with van der Waals surface area (Å²) in [6, 6.07) is 9.13. The van der Waals surface area contributed by atoms with Gasteiger partial charge in [-0.05, 0) is 69.0 Å². The molecule has 1 aliphatic rings. The van der Waals surface area contributed by atoms with Crippen molar-refractivity contribution in [1.82, 2.24) is 5.32 Å². The molecule has 3 rings (SSSR count). The van der Waals surface area contributed by atoms with Crippen LogP contribution < -0.4 is 19.5 Å². The molecule has 1 amide bonds. The van der Waals surface area contributed by atoms with Crippen molar-refractivity contribution < 1.29 is 33.4 Å². The Labute approximate surface area is 250 Å². The van der Waals surface area contributed by atoms with Crippen LogP contribution in [0.4, 0.5) is 0 Å². The van der Waals surface area contributed by atoms with E-state index in [1.165, 1.54) is 13.2 Å². The molecule has 1 aliphatic heterocycles. The fourth-order valence-corrected chi connectivity index (χ4v) is 4.77. The Bertz CT molecular complexity index is 1280. The highest BCUT2D eigenvalue weighted by atomic mass is 16.5. The van der Waals surface area contributed by atoms with Crippen molar-refractivity contribution in [3.05, 3.63) is 59.2 Å². The van der Waals surface area contributed by atoms with Crippen LogP contribution in [-0.2, 0) is 4.79 Å². The number of amides is 1. The highest BCUT2D eigenvalue weighted by Gasteiger charge is 2.28. The number of hydrogen-bond donors (Lipinski definition) is 2. The minimum atomic E-state index is -0.519. The van der Waals surface area contributed by atoms with Crippen molar-refractivity contribution in [1.29, 1.82) is 0 Å². The molecule has 0 aromatic heterocycles. The van der Waals surface area contributed by atoms with Gasteiger partial charge >= 0.3 is 0 Å². The molecule has 2 aromatic rings. The molecule has 0 aliphatic carbocycles. The lowest BCUT2D eigenvalue weighted by atomic mass is 9.97. The van der Waals surface area contributed by atoms with Crippen LogP contribution in [0.2, 0.25) is 0 Å². The molecule has 228 valence electrons. The van der Waals surface area contributed by atoms with Gasteiger partial charge in [0.05, 0.1) is 39.9 Å². The number of carbonyl (C=O) groups is 2. The van der Waals surface area contributed by atoms with Gasteiger partial charge in [0, 0.05) is 12.6 Å². The molecule has 8 nitrogen and oxygen atoms in total. The summed E-state index contributed by atoms with van der Waals surface area (Å²) in [7, 11) is 5.62. The Morgan fingerprint density at radius 1 is 1.10 bits per heavy atom. The quantitative estimate of drug-likeness (QED) is 0.109. The lowest BCUT2D eigenvalue weighted by Gasteiger charge is -2.29. The number of rotatable bonds is 16. The third kappa shape index (κ3) is 9.65. The number of ketones is 1. The number of ether oxygens (including phenoxy) is 3. The summed E-state index contributed by atoms with van der Waals surface area (Å²) in [5.41, 5.74) is 0.854. The first kappa shape index (κ1) is 32.7. The van der Waals surface area contributed by atoms with Gasteiger partial charge in [0.2, 0.25) is 0 Å². The van der Waals surface area contributed by atoms with E-state index in [4.69, 9.17) is 14.2 Å². The maximum Gasteiger partial charge on any atom is 0.275 e. The zero-order valence-electron chi connectivity index (χ0n) is 26.0. The van der Waals surface area contributed by atoms with E-state index in [-0.39, 0.29) is 28.8 Å². The number of phenolic OH excluding ortho intramolecular Hbond substituents is 1. The molecule has 0 atom stereocenters. The van der Waals surface area contributed by atoms with E-state index in [2.05, 4.69) is 26.3 Å². The SMILES string of the molecule is CCCCCNC(=O)C[N+](C)(C)CCCCOc1ccc(/C=C/C(=O)c2c(OC)cc3c(c2O)C=CC(C)(C)O3)cc1. The summed E-state index contributed by atoms with van der Waals surface area (Å²) in [4.78, 5) is 25.3. The van der Waals surface area contributed by atoms with E-state index in [9.17, 15) is 14.7 Å². The van der Waals surface area contributed by atoms with Crippen LogP contribution in [0.25, 0.3) is 12.2 Å². The number of unbranched alkanes of at least 4 members (excludes halogenated alkanes) is 3. The number of carbonyl (C=O) groups excluding carboxylic acids is 2. The Kier molecular flexibility index (Phi) is 11.6. The predicted octanol–water partition coefficient (Wildman–Crippen LogP) is 6.02. The Morgan fingerprint density at radius 2 is 1.83 bits per heavy atom. The number of methoxy groups -OCH3 is 1. The number of aromatic hydroxyl groups is 1. The van der Waals surface area contributed by atoms with Crippen LogP contribution in [0.1, 0.15) is 74.4 Å². The number of nitrogens with zero attached hydrogens (tertiary/aromatic N) is 1. The Hall–Kier alpha value is -3.78. The molecule has 0 unspecified atom stereocenters. The maximum absolute atomic E-state index is 13.1. The average molecular weight is 580 g/mol. The van der Waals surface area contributed by atoms with Crippen LogP contribution in [-0.4, -0.2) is 74.3 Å². The summed E-state index contributed by atoms with van der Waals surface area (Å²) >= 11 is 0. The molecular formula is C34H47N2O6+. The van der Waals surface area contributed by atoms with Gasteiger partial charge in [0.1, 0.15) is 34.2 Å². The first-order valence-electron chi connectivity index (χ1n) is 14.8. The van der Waals surface area contributed by atoms with E-state index in [1.807, 2.05) is 44.2 Å². The molecule has 0 fully saturated rings. The topological polar surface area (TPSA) is 94.1 Å². The fraction of sp³-hybridized carbons (Fsp3) is 0.471. The van der Waals surface area contributed by atoms with Crippen LogP contribution in [0.15, 0.2) is 42.5 Å². The van der Waals surface area contributed by atoms with Crippen molar-refractivity contribution in [2.75, 3.05) is 47.4 Å². The lowest BCUT2D eigenvalue weighted by molar-refractivity contribution is -0.882. The van der Waals surface area contributed by atoms with Crippen LogP contribution in [0.5, 0.6) is 23.0 Å². The molecule has 42 heavy (non-hydrogen) atoms. The zero-order valence-corrected chi connectivity index (χ0v) is 26.0. The summed E-state index contributed by atoms with van der Waals surface area (Å²) in [6.45, 7) is 8.70. The predicted molar refractivity (Wildman–Crippen MR) is 167 cm³/mol. The van der Waals surface area contributed by atoms with Crippen molar-refractivity contribution in [2.24, 2.45) is 0 Å². The molecule has 2 aromatic carbocycles. The number of quaternary nitrogens is 1. The second kappa shape index (κ2) is 14.9. The van der Waals surface area contributed by atoms with Gasteiger partial charge in [-0.25, -0.2) is 0 Å². The zero-order chi connectivity index (χ0) is 30.8. The summed E-state index contributed by atoms with van der Waals surface area (Å²) < 4.78 is 17.9. The summed E-state index contributed by atoms with van der Waals surface area (Å²) in [6.07, 6.45) is 11.9. The number of fused-ring (bicyclic) bond motifs is 1. The van der Waals surface area contributed by atoms with Crippen molar-refractivity contribution in [3.63, 3.8) is 0 Å². The van der Waals surface area contributed by atoms with Crippen LogP contribution in [0, 0.1) is 0 Å². The first-order valence-corrected chi connectivity index (χ1v) is 14.8. The second-order valence-corrected chi connectivity index (χ2v) is 11.9. The fourth-order valence-electron chi connectivity index (χ4n) is 4.77. The second-order valence-electron chi connectivity index (χ2n) is 11.9. The molecule has 0 saturated heterocycles. The minimum absolute atomic E-state index is 0.0924. The number of hydrogen-bond acceptors (Lipinski definition) is 6. The van der Waals surface area contributed by atoms with Gasteiger partial charge in [-0.3, -0.25) is 9.59 Å². The third-order valence-electron chi connectivity index (χ3n) is 7.16. The van der Waals surface area contributed by atoms with E-state index in [1.54, 1.807) is 18.2 Å². The Morgan fingerprint density at radius 3 is 2.52 bits per heavy atom. The van der Waals surface area contributed by atoms with Gasteiger partial charge in [-0.15, -0.1) is 0 Å². The van der Waals surface area contributed by atoms with E-state index in [0.717, 1.165) is 56.5 Å². The normalized spacial score (nSPS) is 13.9. The third-order valence-corrected chi connectivity index (χ3v) is 7.16. The average Bonchev–Trinajstić information content (AvgIpc) is 2.93. The van der Waals surface area contributed by atoms with Crippen molar-refractivity contribution in [3.8, 4) is 23.0 Å². The van der Waals surface area contributed by atoms with Gasteiger partial charge in [0.15, 0.2) is 12.3 Å². The maximum atomic E-state index is 13.1. The Balaban J connectivity index is 1.47. The highest BCUT2D eigenvalue weighted by molar-refractivity contribution is 6.11. The minimum Gasteiger partial charge on any atom is -0.506 e. The van der Waals surface area contributed by atoms with Gasteiger partial charge < -0.3 is 29.1 Å². The number of likely N-dealkylation sites (N-methyl/N-ethyl adjacent to an activating group) is 1. The van der Waals surface area contributed by atoms with Gasteiger partial charge in [-0.1, -0.05) is 38.0 Å². The smallest absolute Gasteiger partial charge is 0.275 e.